The number of aromatic amines is 1. The zero-order chi connectivity index (χ0) is 62.3. The van der Waals surface area contributed by atoms with E-state index in [9.17, 15) is 63.6 Å². The second kappa shape index (κ2) is 39.2. The zero-order valence-electron chi connectivity index (χ0n) is 48.1. The number of carboxylic acid groups (broad SMARTS) is 1. The summed E-state index contributed by atoms with van der Waals surface area (Å²) in [4.78, 5) is 146. The number of fused-ring (bicyclic) bond motifs is 1. The first-order valence-corrected chi connectivity index (χ1v) is 31.0. The Hall–Kier alpha value is -4.19. The van der Waals surface area contributed by atoms with E-state index in [4.69, 9.17) is 0 Å². The average molecular weight is 1650 g/mol. The number of phenols is 1. The van der Waals surface area contributed by atoms with Crippen LogP contribution in [0, 0.1) is 103 Å². The Labute approximate surface area is 590 Å². The Bertz CT molecular complexity index is 2760. The van der Waals surface area contributed by atoms with E-state index in [1.165, 1.54) is 35.5 Å². The molecule has 2 aliphatic rings. The fraction of sp³-hybridized carbons (Fsp3) is 0.509. The van der Waals surface area contributed by atoms with Gasteiger partial charge in [-0.15, -0.1) is 0 Å². The first-order valence-electron chi connectivity index (χ1n) is 27.5. The van der Waals surface area contributed by atoms with E-state index in [-0.39, 0.29) is 168 Å². The maximum absolute atomic E-state index is 15.1. The van der Waals surface area contributed by atoms with Crippen LogP contribution in [0.1, 0.15) is 56.9 Å². The van der Waals surface area contributed by atoms with Crippen LogP contribution < -0.4 is 47.9 Å². The Morgan fingerprint density at radius 1 is 0.839 bits per heavy atom. The van der Waals surface area contributed by atoms with E-state index >= 15 is 4.79 Å². The number of aliphatic hydroxyl groups is 2. The van der Waals surface area contributed by atoms with Crippen molar-refractivity contribution in [1.29, 1.82) is 0 Å². The maximum Gasteiger partial charge on any atom is 0.305 e. The van der Waals surface area contributed by atoms with E-state index in [2.05, 4.69) is 71.7 Å². The molecule has 0 spiro atoms. The summed E-state index contributed by atoms with van der Waals surface area (Å²) < 4.78 is 0.388. The number of carbonyl (C=O) groups is 10. The number of aromatic nitrogens is 2. The number of H-pyrrole nitrogens is 1. The third-order valence-electron chi connectivity index (χ3n) is 13.5. The van der Waals surface area contributed by atoms with Crippen molar-refractivity contribution < 1.29 is 148 Å². The minimum Gasteiger partial charge on any atom is -0.507 e. The number of carbonyl (C=O) groups excluding carboxylic acids is 9. The minimum absolute atomic E-state index is 0. The van der Waals surface area contributed by atoms with Crippen molar-refractivity contribution in [1.82, 2.24) is 67.6 Å². The molecule has 0 aliphatic carbocycles. The number of phenolic OH excluding ortho intramolecular Hbond substituents is 1. The summed E-state index contributed by atoms with van der Waals surface area (Å²) in [6.45, 7) is 11.9. The predicted octanol–water partition coefficient (Wildman–Crippen LogP) is -1.97. The third-order valence-corrected chi connectivity index (χ3v) is 17.0. The van der Waals surface area contributed by atoms with Crippen LogP contribution in [-0.4, -0.2) is 211 Å². The summed E-state index contributed by atoms with van der Waals surface area (Å²) >= 11 is 1.87. The quantitative estimate of drug-likeness (QED) is 0.0200. The fourth-order valence-corrected chi connectivity index (χ4v) is 12.4. The largest absolute Gasteiger partial charge is 0.507 e. The molecule has 1 aromatic heterocycles. The van der Waals surface area contributed by atoms with Gasteiger partial charge in [0, 0.05) is 161 Å². The molecule has 87 heavy (non-hydrogen) atoms. The maximum atomic E-state index is 15.1. The molecule has 5 rings (SSSR count). The normalized spacial score (nSPS) is 21.6. The second-order valence-corrected chi connectivity index (χ2v) is 24.8. The van der Waals surface area contributed by atoms with Crippen molar-refractivity contribution in [2.45, 2.75) is 120 Å². The van der Waals surface area contributed by atoms with Crippen molar-refractivity contribution in [3.8, 4) is 5.75 Å². The van der Waals surface area contributed by atoms with Gasteiger partial charge < -0.3 is 96.3 Å². The number of hydrogen-bond acceptors (Lipinski definition) is 18. The molecule has 2 aromatic carbocycles. The minimum atomic E-state index is -1.74. The van der Waals surface area contributed by atoms with Gasteiger partial charge in [-0.25, -0.2) is 4.98 Å². The van der Waals surface area contributed by atoms with Gasteiger partial charge in [0.15, 0.2) is 0 Å². The van der Waals surface area contributed by atoms with Crippen molar-refractivity contribution in [3.05, 3.63) is 95.3 Å². The van der Waals surface area contributed by atoms with Gasteiger partial charge in [0.05, 0.1) is 52.9 Å². The van der Waals surface area contributed by atoms with Crippen LogP contribution in [0.25, 0.3) is 0 Å². The van der Waals surface area contributed by atoms with Gasteiger partial charge in [-0.1, -0.05) is 71.8 Å². The average Bonchev–Trinajstić information content (AvgIpc) is 2.57. The summed E-state index contributed by atoms with van der Waals surface area (Å²) in [5.74, 6) is -8.39. The Morgan fingerprint density at radius 2 is 1.46 bits per heavy atom. The number of carboxylic acids is 1. The van der Waals surface area contributed by atoms with E-state index in [1.807, 2.05) is 36.4 Å². The number of amides is 9. The molecule has 32 heteroatoms. The molecule has 1 unspecified atom stereocenters. The van der Waals surface area contributed by atoms with Crippen LogP contribution in [0.4, 0.5) is 0 Å². The van der Waals surface area contributed by atoms with E-state index in [1.54, 1.807) is 48.2 Å². The first kappa shape index (κ1) is 77.1. The summed E-state index contributed by atoms with van der Waals surface area (Å²) in [5.41, 5.74) is 1.55. The zero-order valence-corrected chi connectivity index (χ0v) is 56.4. The van der Waals surface area contributed by atoms with Gasteiger partial charge in [0.1, 0.15) is 42.2 Å². The van der Waals surface area contributed by atoms with Gasteiger partial charge in [-0.2, -0.15) is 0 Å². The molecule has 3 aromatic rings. The van der Waals surface area contributed by atoms with Crippen molar-refractivity contribution >= 4 is 103 Å². The number of aliphatic carboxylic acids is 1. The number of nitrogens with zero attached hydrogens (tertiary/aromatic N) is 3. The smallest absolute Gasteiger partial charge is 0.305 e. The Kier molecular flexibility index (Phi) is 34.7. The van der Waals surface area contributed by atoms with Crippen molar-refractivity contribution in [2.75, 3.05) is 50.8 Å². The van der Waals surface area contributed by atoms with Crippen LogP contribution >= 0.6 is 44.2 Å². The molecule has 0 bridgehead atoms. The number of imidazole rings is 1. The van der Waals surface area contributed by atoms with Crippen molar-refractivity contribution in [3.63, 3.8) is 0 Å². The van der Waals surface area contributed by atoms with Gasteiger partial charge in [0.25, 0.3) is 0 Å². The van der Waals surface area contributed by atoms with Crippen LogP contribution in [0.3, 0.4) is 0 Å². The molecule has 2 fully saturated rings. The molecule has 2 saturated heterocycles. The van der Waals surface area contributed by atoms with Crippen LogP contribution in [-0.2, 0) is 67.2 Å². The molecule has 14 N–H and O–H groups in total. The third kappa shape index (κ3) is 27.0. The van der Waals surface area contributed by atoms with Gasteiger partial charge in [-0.3, -0.25) is 48.6 Å². The SMILES string of the molecule is [CH2-]C(=O)NCCN(CCNC([CH2-])=O)CC(=O)N[C@@H](Cc1ccccc1)[C@H](O)N[C@@H](Cc1cnc[nH]1)C(=O)N[C@H]1CSSC[C@@H](C)NC(=O)[C@H](CC(C)C)NC(=O)[C@H](CC(=O)O)NC(=O)[C@H](Cc2ccc(O)c(I)c2)NC(=O)[C@@H]2CC(O)CN2C1=O.[Gd].[Gd]. The number of rotatable bonds is 24. The van der Waals surface area contributed by atoms with Crippen molar-refractivity contribution in [2.24, 2.45) is 5.92 Å². The van der Waals surface area contributed by atoms with Crippen LogP contribution in [0.2, 0.25) is 0 Å². The number of benzene rings is 2. The topological polar surface area (TPSA) is 395 Å². The van der Waals surface area contributed by atoms with Crippen LogP contribution in [0.15, 0.2) is 61.1 Å². The summed E-state index contributed by atoms with van der Waals surface area (Å²) in [6, 6.07) is 2.87. The van der Waals surface area contributed by atoms with Gasteiger partial charge in [-0.05, 0) is 71.5 Å². The monoisotopic (exact) mass is 1650 g/mol. The second-order valence-electron chi connectivity index (χ2n) is 21.1. The molecule has 0 radical (unpaired) electrons. The number of aliphatic hydroxyl groups excluding tert-OH is 2. The van der Waals surface area contributed by atoms with Gasteiger partial charge in [0.2, 0.25) is 41.4 Å². The molecule has 27 nitrogen and oxygen atoms in total. The molecule has 9 amide bonds. The molecule has 0 saturated carbocycles. The molecule has 3 heterocycles. The van der Waals surface area contributed by atoms with E-state index < -0.39 is 133 Å². The number of halogens is 1. The predicted molar refractivity (Wildman–Crippen MR) is 323 cm³/mol. The molecule has 2 aliphatic heterocycles. The molecule has 482 valence electrons. The molecular formula is C55H76Gd2IN13O14S2-2. The molecule has 10 atom stereocenters. The first-order chi connectivity index (χ1) is 40.3. The number of aromatic hydroxyl groups is 1. The van der Waals surface area contributed by atoms with Crippen LogP contribution in [0.5, 0.6) is 5.75 Å². The standard InChI is InChI=1S/C55H76IN13O14S2.2Gd/c1-30(2)17-39-49(77)61-31(3)27-84-85-28-44(55(83)69-25-37(72)22-45(69)54(82)66-41(20-35-11-12-46(73)38(56)18-35)51(79)65-43(23-48(75)76)53(81)63-39)67-52(80)42(21-36-24-57-29-60-36)64-50(78)40(19-34-9-7-6-8-10-34)62-47(74)26-68(15-13-58-32(4)70)16-14-59-33(5)71;;/h6-12,18,24,29-31,37,39-45,50,64,72-73,78H,4-5,13-17,19-23,25-28H2,1-3H3,(H,57,60)(H,58,70)(H,59,71)(H,61,77)(H,62,74)(H,63,81)(H,65,79)(H,66,82)(H,67,80)(H,75,76);;/q-2;;/t31-,37?,39+,40+,41+,42+,43+,44+,45+,50+;;/m1../s1. The Balaban J connectivity index is 0.00000990. The fourth-order valence-electron chi connectivity index (χ4n) is 9.33. The summed E-state index contributed by atoms with van der Waals surface area (Å²) in [5, 5.41) is 67.8. The van der Waals surface area contributed by atoms with E-state index in [0.717, 1.165) is 15.7 Å². The number of hydrogen-bond donors (Lipinski definition) is 14. The number of nitrogens with one attached hydrogen (secondary N) is 10. The summed E-state index contributed by atoms with van der Waals surface area (Å²) in [6.07, 6.45) is -1.57. The summed E-state index contributed by atoms with van der Waals surface area (Å²) in [7, 11) is 2.36. The Morgan fingerprint density at radius 3 is 2.07 bits per heavy atom. The van der Waals surface area contributed by atoms with E-state index in [0.29, 0.717) is 20.4 Å². The van der Waals surface area contributed by atoms with Gasteiger partial charge >= 0.3 is 5.97 Å². The molecular weight excluding hydrogens is 1570 g/mol.